The van der Waals surface area contributed by atoms with E-state index in [2.05, 4.69) is 32.1 Å². The zero-order valence-corrected chi connectivity index (χ0v) is 16.0. The van der Waals surface area contributed by atoms with Crippen molar-refractivity contribution in [3.05, 3.63) is 51.9 Å². The van der Waals surface area contributed by atoms with Gasteiger partial charge in [0.1, 0.15) is 17.0 Å². The van der Waals surface area contributed by atoms with E-state index in [0.29, 0.717) is 12.3 Å². The summed E-state index contributed by atoms with van der Waals surface area (Å²) < 4.78 is 5.43. The molecule has 8 nitrogen and oxygen atoms in total. The summed E-state index contributed by atoms with van der Waals surface area (Å²) in [4.78, 5) is 38.0. The average molecular weight is 381 g/mol. The number of piperidine rings is 1. The largest absolute Gasteiger partial charge is 0.442 e. The molecule has 1 amide bonds. The molecule has 1 saturated heterocycles. The number of hydrogen-bond donors (Lipinski definition) is 2. The van der Waals surface area contributed by atoms with Crippen LogP contribution in [0, 0.1) is 12.8 Å². The maximum atomic E-state index is 12.6. The SMILES string of the molecule is Cc1oc2nc[nH]c(=O)c2c1C(=O)NCc1ccc(N2CCC(C)CC2)nc1. The molecule has 1 fully saturated rings. The molecule has 1 aliphatic heterocycles. The third-order valence-electron chi connectivity index (χ3n) is 5.27. The van der Waals surface area contributed by atoms with Crippen LogP contribution in [0.25, 0.3) is 11.1 Å². The molecule has 8 heteroatoms. The van der Waals surface area contributed by atoms with Crippen LogP contribution in [-0.2, 0) is 6.54 Å². The second-order valence-electron chi connectivity index (χ2n) is 7.32. The van der Waals surface area contributed by atoms with E-state index in [1.165, 1.54) is 19.2 Å². The molecule has 0 aromatic carbocycles. The Kier molecular flexibility index (Phi) is 4.85. The summed E-state index contributed by atoms with van der Waals surface area (Å²) in [5.41, 5.74) is 0.874. The lowest BCUT2D eigenvalue weighted by molar-refractivity contribution is 0.0950. The Morgan fingerprint density at radius 3 is 2.82 bits per heavy atom. The van der Waals surface area contributed by atoms with Crippen molar-refractivity contribution in [1.29, 1.82) is 0 Å². The molecule has 0 saturated carbocycles. The molecule has 3 aromatic rings. The van der Waals surface area contributed by atoms with Gasteiger partial charge < -0.3 is 19.6 Å². The average Bonchev–Trinajstić information content (AvgIpc) is 3.04. The summed E-state index contributed by atoms with van der Waals surface area (Å²) in [6.07, 6.45) is 5.41. The fourth-order valence-corrected chi connectivity index (χ4v) is 3.54. The summed E-state index contributed by atoms with van der Waals surface area (Å²) in [5.74, 6) is 1.74. The second kappa shape index (κ2) is 7.46. The van der Waals surface area contributed by atoms with Gasteiger partial charge in [-0.25, -0.2) is 9.97 Å². The number of H-pyrrole nitrogens is 1. The van der Waals surface area contributed by atoms with Crippen LogP contribution in [0.1, 0.15) is 41.4 Å². The van der Waals surface area contributed by atoms with Gasteiger partial charge in [0.05, 0.1) is 11.9 Å². The number of rotatable bonds is 4. The van der Waals surface area contributed by atoms with E-state index in [0.717, 1.165) is 30.4 Å². The van der Waals surface area contributed by atoms with Gasteiger partial charge in [0.2, 0.25) is 5.71 Å². The summed E-state index contributed by atoms with van der Waals surface area (Å²) in [6, 6.07) is 3.96. The number of aromatic nitrogens is 3. The first-order chi connectivity index (χ1) is 13.5. The van der Waals surface area contributed by atoms with Gasteiger partial charge in [0.15, 0.2) is 0 Å². The number of furan rings is 1. The van der Waals surface area contributed by atoms with Crippen molar-refractivity contribution in [2.24, 2.45) is 5.92 Å². The van der Waals surface area contributed by atoms with Crippen molar-refractivity contribution >= 4 is 22.8 Å². The van der Waals surface area contributed by atoms with E-state index >= 15 is 0 Å². The number of amides is 1. The molecule has 0 atom stereocenters. The molecular formula is C20H23N5O3. The molecule has 3 aromatic heterocycles. The molecular weight excluding hydrogens is 358 g/mol. The van der Waals surface area contributed by atoms with Crippen LogP contribution in [0.4, 0.5) is 5.82 Å². The molecule has 1 aliphatic rings. The minimum absolute atomic E-state index is 0.160. The minimum Gasteiger partial charge on any atom is -0.442 e. The van der Waals surface area contributed by atoms with Crippen LogP contribution >= 0.6 is 0 Å². The molecule has 0 radical (unpaired) electrons. The lowest BCUT2D eigenvalue weighted by Gasteiger charge is -2.31. The number of pyridine rings is 1. The van der Waals surface area contributed by atoms with Gasteiger partial charge in [0.25, 0.3) is 11.5 Å². The Labute approximate surface area is 162 Å². The number of carbonyl (C=O) groups excluding carboxylic acids is 1. The number of carbonyl (C=O) groups is 1. The Morgan fingerprint density at radius 2 is 2.11 bits per heavy atom. The van der Waals surface area contributed by atoms with Crippen LogP contribution in [0.2, 0.25) is 0 Å². The first-order valence-electron chi connectivity index (χ1n) is 9.48. The predicted octanol–water partition coefficient (Wildman–Crippen LogP) is 2.39. The van der Waals surface area contributed by atoms with Gasteiger partial charge >= 0.3 is 0 Å². The third-order valence-corrected chi connectivity index (χ3v) is 5.27. The maximum absolute atomic E-state index is 12.6. The Bertz CT molecular complexity index is 1050. The first kappa shape index (κ1) is 18.2. The highest BCUT2D eigenvalue weighted by Crippen LogP contribution is 2.22. The monoisotopic (exact) mass is 381 g/mol. The quantitative estimate of drug-likeness (QED) is 0.719. The summed E-state index contributed by atoms with van der Waals surface area (Å²) in [5, 5.41) is 3.00. The van der Waals surface area contributed by atoms with E-state index in [-0.39, 0.29) is 22.6 Å². The van der Waals surface area contributed by atoms with Crippen molar-refractivity contribution < 1.29 is 9.21 Å². The van der Waals surface area contributed by atoms with Crippen LogP contribution in [0.5, 0.6) is 0 Å². The highest BCUT2D eigenvalue weighted by Gasteiger charge is 2.21. The zero-order chi connectivity index (χ0) is 19.7. The van der Waals surface area contributed by atoms with Gasteiger partial charge in [-0.05, 0) is 37.3 Å². The van der Waals surface area contributed by atoms with E-state index in [1.54, 1.807) is 13.1 Å². The molecule has 0 aliphatic carbocycles. The van der Waals surface area contributed by atoms with Crippen molar-refractivity contribution in [3.63, 3.8) is 0 Å². The molecule has 4 heterocycles. The third kappa shape index (κ3) is 3.49. The van der Waals surface area contributed by atoms with Crippen molar-refractivity contribution in [2.45, 2.75) is 33.2 Å². The number of anilines is 1. The molecule has 0 spiro atoms. The topological polar surface area (TPSA) is 104 Å². The second-order valence-corrected chi connectivity index (χ2v) is 7.32. The predicted molar refractivity (Wildman–Crippen MR) is 105 cm³/mol. The van der Waals surface area contributed by atoms with Crippen LogP contribution in [0.3, 0.4) is 0 Å². The van der Waals surface area contributed by atoms with Crippen molar-refractivity contribution in [2.75, 3.05) is 18.0 Å². The number of nitrogens with one attached hydrogen (secondary N) is 2. The molecule has 146 valence electrons. The van der Waals surface area contributed by atoms with E-state index in [1.807, 2.05) is 12.1 Å². The zero-order valence-electron chi connectivity index (χ0n) is 16.0. The normalized spacial score (nSPS) is 15.1. The number of nitrogens with zero attached hydrogens (tertiary/aromatic N) is 3. The molecule has 4 rings (SSSR count). The van der Waals surface area contributed by atoms with Crippen LogP contribution in [0.15, 0.2) is 33.9 Å². The Balaban J connectivity index is 1.44. The number of hydrogen-bond acceptors (Lipinski definition) is 6. The summed E-state index contributed by atoms with van der Waals surface area (Å²) in [6.45, 7) is 6.30. The van der Waals surface area contributed by atoms with Crippen LogP contribution in [-0.4, -0.2) is 33.9 Å². The lowest BCUT2D eigenvalue weighted by Crippen LogP contribution is -2.33. The van der Waals surface area contributed by atoms with Gasteiger partial charge in [-0.1, -0.05) is 13.0 Å². The lowest BCUT2D eigenvalue weighted by atomic mass is 9.99. The summed E-state index contributed by atoms with van der Waals surface area (Å²) in [7, 11) is 0. The van der Waals surface area contributed by atoms with Crippen LogP contribution < -0.4 is 15.8 Å². The van der Waals surface area contributed by atoms with Gasteiger partial charge in [-0.15, -0.1) is 0 Å². The maximum Gasteiger partial charge on any atom is 0.262 e. The number of aromatic amines is 1. The molecule has 0 unspecified atom stereocenters. The van der Waals surface area contributed by atoms with Gasteiger partial charge in [0, 0.05) is 25.8 Å². The Hall–Kier alpha value is -3.16. The number of aryl methyl sites for hydroxylation is 1. The molecule has 28 heavy (non-hydrogen) atoms. The first-order valence-corrected chi connectivity index (χ1v) is 9.48. The van der Waals surface area contributed by atoms with E-state index in [4.69, 9.17) is 4.42 Å². The highest BCUT2D eigenvalue weighted by atomic mass is 16.3. The van der Waals surface area contributed by atoms with E-state index in [9.17, 15) is 9.59 Å². The molecule has 2 N–H and O–H groups in total. The van der Waals surface area contributed by atoms with Gasteiger partial charge in [-0.3, -0.25) is 9.59 Å². The standard InChI is InChI=1S/C20H23N5O3/c1-12-5-7-25(8-6-12)15-4-3-14(9-21-15)10-22-18(26)16-13(2)28-20-17(16)19(27)23-11-24-20/h3-4,9,11-12H,5-8,10H2,1-2H3,(H,22,26)(H,23,24,27). The minimum atomic E-state index is -0.395. The summed E-state index contributed by atoms with van der Waals surface area (Å²) >= 11 is 0. The smallest absolute Gasteiger partial charge is 0.262 e. The highest BCUT2D eigenvalue weighted by molar-refractivity contribution is 6.06. The van der Waals surface area contributed by atoms with Gasteiger partial charge in [-0.2, -0.15) is 0 Å². The van der Waals surface area contributed by atoms with Crippen molar-refractivity contribution in [1.82, 2.24) is 20.3 Å². The van der Waals surface area contributed by atoms with E-state index < -0.39 is 5.56 Å². The number of fused-ring (bicyclic) bond motifs is 1. The fourth-order valence-electron chi connectivity index (χ4n) is 3.54. The molecule has 0 bridgehead atoms. The van der Waals surface area contributed by atoms with Crippen molar-refractivity contribution in [3.8, 4) is 0 Å². The Morgan fingerprint density at radius 1 is 1.32 bits per heavy atom. The fraction of sp³-hybridized carbons (Fsp3) is 0.400.